The number of ketones is 2. The second-order valence-electron chi connectivity index (χ2n) is 6.46. The monoisotopic (exact) mass is 360 g/mol. The van der Waals surface area contributed by atoms with Crippen molar-refractivity contribution in [3.63, 3.8) is 0 Å². The standard InChI is InChI=1S/C18H20N2O6/c21-12-4-1-3-10(19-9-16(24)25)17(12)14(23)8-7-11-18-13(22)5-2-6-15(18)26-20-11/h23H,1-9H2,(H,24,25)/b17-14-,19-10?. The summed E-state index contributed by atoms with van der Waals surface area (Å²) in [6.45, 7) is -0.440. The predicted molar refractivity (Wildman–Crippen MR) is 90.5 cm³/mol. The number of carboxylic acids is 1. The molecule has 1 fully saturated rings. The van der Waals surface area contributed by atoms with Gasteiger partial charge in [0.1, 0.15) is 18.1 Å². The number of rotatable bonds is 5. The molecule has 8 heteroatoms. The molecular formula is C18H20N2O6. The molecule has 8 nitrogen and oxygen atoms in total. The smallest absolute Gasteiger partial charge is 0.325 e. The van der Waals surface area contributed by atoms with E-state index in [1.54, 1.807) is 0 Å². The molecule has 0 bridgehead atoms. The number of Topliss-reactive ketones (excluding diaryl/α,β-unsaturated/α-hetero) is 2. The van der Waals surface area contributed by atoms with Gasteiger partial charge in [-0.1, -0.05) is 5.16 Å². The molecule has 0 aliphatic heterocycles. The van der Waals surface area contributed by atoms with Crippen LogP contribution in [0.2, 0.25) is 0 Å². The highest BCUT2D eigenvalue weighted by atomic mass is 16.5. The minimum absolute atomic E-state index is 0.00732. The predicted octanol–water partition coefficient (Wildman–Crippen LogP) is 2.22. The van der Waals surface area contributed by atoms with Gasteiger partial charge in [-0.3, -0.25) is 19.4 Å². The second kappa shape index (κ2) is 7.63. The number of aliphatic carboxylic acids is 1. The van der Waals surface area contributed by atoms with E-state index in [1.807, 2.05) is 0 Å². The van der Waals surface area contributed by atoms with Gasteiger partial charge >= 0.3 is 5.97 Å². The number of aliphatic imine (C=N–C) groups is 1. The van der Waals surface area contributed by atoms with Crippen molar-refractivity contribution >= 4 is 23.2 Å². The van der Waals surface area contributed by atoms with Gasteiger partial charge < -0.3 is 14.7 Å². The van der Waals surface area contributed by atoms with Gasteiger partial charge in [0.25, 0.3) is 0 Å². The molecule has 0 saturated heterocycles. The minimum atomic E-state index is -1.10. The molecule has 3 rings (SSSR count). The number of hydrogen-bond acceptors (Lipinski definition) is 7. The minimum Gasteiger partial charge on any atom is -0.511 e. The molecule has 2 N–H and O–H groups in total. The lowest BCUT2D eigenvalue weighted by molar-refractivity contribution is -0.135. The molecule has 2 aliphatic rings. The number of carboxylic acid groups (broad SMARTS) is 1. The second-order valence-corrected chi connectivity index (χ2v) is 6.46. The molecule has 26 heavy (non-hydrogen) atoms. The van der Waals surface area contributed by atoms with Crippen LogP contribution in [0.25, 0.3) is 0 Å². The fourth-order valence-corrected chi connectivity index (χ4v) is 3.39. The van der Waals surface area contributed by atoms with Crippen LogP contribution in [-0.4, -0.2) is 45.2 Å². The zero-order valence-corrected chi connectivity index (χ0v) is 14.3. The topological polar surface area (TPSA) is 130 Å². The maximum Gasteiger partial charge on any atom is 0.325 e. The number of nitrogens with zero attached hydrogens (tertiary/aromatic N) is 2. The fraction of sp³-hybridized carbons (Fsp3) is 0.500. The van der Waals surface area contributed by atoms with Crippen LogP contribution in [0.15, 0.2) is 20.8 Å². The van der Waals surface area contributed by atoms with E-state index in [9.17, 15) is 19.5 Å². The quantitative estimate of drug-likeness (QED) is 0.608. The number of allylic oxidation sites excluding steroid dienone is 2. The Morgan fingerprint density at radius 1 is 1.08 bits per heavy atom. The number of aliphatic hydroxyl groups is 1. The Bertz CT molecular complexity index is 818. The van der Waals surface area contributed by atoms with Crippen LogP contribution < -0.4 is 0 Å². The average Bonchev–Trinajstić information content (AvgIpc) is 3.02. The van der Waals surface area contributed by atoms with Crippen molar-refractivity contribution < 1.29 is 29.1 Å². The number of hydrogen-bond donors (Lipinski definition) is 2. The van der Waals surface area contributed by atoms with Gasteiger partial charge in [0.2, 0.25) is 0 Å². The van der Waals surface area contributed by atoms with E-state index in [0.717, 1.165) is 6.42 Å². The molecular weight excluding hydrogens is 340 g/mol. The summed E-state index contributed by atoms with van der Waals surface area (Å²) in [7, 11) is 0. The van der Waals surface area contributed by atoms with E-state index in [1.165, 1.54) is 0 Å². The van der Waals surface area contributed by atoms with Gasteiger partial charge in [-0.15, -0.1) is 0 Å². The van der Waals surface area contributed by atoms with Gasteiger partial charge in [-0.05, 0) is 19.3 Å². The maximum absolute atomic E-state index is 12.2. The summed E-state index contributed by atoms with van der Waals surface area (Å²) in [4.78, 5) is 38.9. The first-order valence-corrected chi connectivity index (χ1v) is 8.68. The lowest BCUT2D eigenvalue weighted by atomic mass is 9.89. The summed E-state index contributed by atoms with van der Waals surface area (Å²) in [5.41, 5.74) is 1.44. The lowest BCUT2D eigenvalue weighted by Gasteiger charge is -2.17. The first kappa shape index (κ1) is 18.0. The Balaban J connectivity index is 1.80. The van der Waals surface area contributed by atoms with Crippen molar-refractivity contribution in [2.24, 2.45) is 4.99 Å². The van der Waals surface area contributed by atoms with Crippen molar-refractivity contribution in [2.45, 2.75) is 51.4 Å². The van der Waals surface area contributed by atoms with Crippen LogP contribution >= 0.6 is 0 Å². The zero-order valence-electron chi connectivity index (χ0n) is 14.3. The molecule has 0 atom stereocenters. The number of aliphatic hydroxyl groups excluding tert-OH is 1. The SMILES string of the molecule is O=C(O)CN=C1CCCC(=O)/C1=C(\O)CCc1noc2c1C(=O)CCC2. The first-order valence-electron chi connectivity index (χ1n) is 8.68. The highest BCUT2D eigenvalue weighted by Crippen LogP contribution is 2.27. The maximum atomic E-state index is 12.2. The van der Waals surface area contributed by atoms with E-state index in [-0.39, 0.29) is 35.7 Å². The summed E-state index contributed by atoms with van der Waals surface area (Å²) in [5, 5.41) is 23.2. The molecule has 0 radical (unpaired) electrons. The molecule has 138 valence electrons. The lowest BCUT2D eigenvalue weighted by Crippen LogP contribution is -2.22. The Labute approximate surface area is 149 Å². The summed E-state index contributed by atoms with van der Waals surface area (Å²) >= 11 is 0. The van der Waals surface area contributed by atoms with Gasteiger partial charge in [-0.25, -0.2) is 0 Å². The highest BCUT2D eigenvalue weighted by Gasteiger charge is 2.28. The summed E-state index contributed by atoms with van der Waals surface area (Å²) < 4.78 is 5.22. The van der Waals surface area contributed by atoms with Crippen molar-refractivity contribution in [3.8, 4) is 0 Å². The van der Waals surface area contributed by atoms with Crippen molar-refractivity contribution in [1.29, 1.82) is 0 Å². The molecule has 1 aromatic heterocycles. The summed E-state index contributed by atoms with van der Waals surface area (Å²) in [6.07, 6.45) is 3.58. The molecule has 1 heterocycles. The third kappa shape index (κ3) is 3.74. The van der Waals surface area contributed by atoms with Crippen LogP contribution in [0.4, 0.5) is 0 Å². The Morgan fingerprint density at radius 3 is 2.58 bits per heavy atom. The highest BCUT2D eigenvalue weighted by molar-refractivity contribution is 6.24. The van der Waals surface area contributed by atoms with Crippen molar-refractivity contribution in [2.75, 3.05) is 6.54 Å². The Morgan fingerprint density at radius 2 is 1.81 bits per heavy atom. The summed E-state index contributed by atoms with van der Waals surface area (Å²) in [6, 6.07) is 0. The molecule has 0 aromatic carbocycles. The number of carbonyl (C=O) groups is 3. The van der Waals surface area contributed by atoms with Crippen LogP contribution in [0.3, 0.4) is 0 Å². The third-order valence-electron chi connectivity index (χ3n) is 4.60. The first-order chi connectivity index (χ1) is 12.5. The number of aromatic nitrogens is 1. The largest absolute Gasteiger partial charge is 0.511 e. The van der Waals surface area contributed by atoms with Crippen LogP contribution in [-0.2, 0) is 22.4 Å². The van der Waals surface area contributed by atoms with Gasteiger partial charge in [0.05, 0.1) is 16.8 Å². The average molecular weight is 360 g/mol. The molecule has 0 unspecified atom stereocenters. The van der Waals surface area contributed by atoms with E-state index in [2.05, 4.69) is 10.1 Å². The van der Waals surface area contributed by atoms with Gasteiger partial charge in [-0.2, -0.15) is 0 Å². The van der Waals surface area contributed by atoms with E-state index >= 15 is 0 Å². The van der Waals surface area contributed by atoms with Crippen LogP contribution in [0, 0.1) is 0 Å². The molecule has 1 aromatic rings. The van der Waals surface area contributed by atoms with E-state index in [4.69, 9.17) is 9.63 Å². The van der Waals surface area contributed by atoms with E-state index in [0.29, 0.717) is 54.8 Å². The molecule has 0 spiro atoms. The summed E-state index contributed by atoms with van der Waals surface area (Å²) in [5.74, 6) is -0.898. The number of aryl methyl sites for hydroxylation is 2. The Kier molecular flexibility index (Phi) is 5.29. The van der Waals surface area contributed by atoms with E-state index < -0.39 is 12.5 Å². The number of fused-ring (bicyclic) bond motifs is 1. The Hall–Kier alpha value is -2.77. The van der Waals surface area contributed by atoms with Crippen molar-refractivity contribution in [3.05, 3.63) is 28.3 Å². The van der Waals surface area contributed by atoms with Crippen LogP contribution in [0.5, 0.6) is 0 Å². The fourth-order valence-electron chi connectivity index (χ4n) is 3.39. The molecule has 0 amide bonds. The molecule has 2 aliphatic carbocycles. The van der Waals surface area contributed by atoms with Gasteiger partial charge in [0.15, 0.2) is 11.6 Å². The molecule has 1 saturated carbocycles. The number of carbonyl (C=O) groups excluding carboxylic acids is 2. The zero-order chi connectivity index (χ0) is 18.7. The normalized spacial score (nSPS) is 21.0. The third-order valence-corrected chi connectivity index (χ3v) is 4.60. The van der Waals surface area contributed by atoms with Gasteiger partial charge in [0, 0.05) is 37.8 Å². The van der Waals surface area contributed by atoms with Crippen molar-refractivity contribution in [1.82, 2.24) is 5.16 Å². The van der Waals surface area contributed by atoms with Crippen LogP contribution in [0.1, 0.15) is 60.3 Å².